The zero-order valence-corrected chi connectivity index (χ0v) is 13.8. The van der Waals surface area contributed by atoms with Crippen LogP contribution < -0.4 is 10.1 Å². The van der Waals surface area contributed by atoms with Crippen LogP contribution in [0.2, 0.25) is 0 Å². The number of hydrogen-bond donors (Lipinski definition) is 3. The molecule has 0 spiro atoms. The summed E-state index contributed by atoms with van der Waals surface area (Å²) in [4.78, 5) is 26.5. The molecular weight excluding hydrogens is 344 g/mol. The van der Waals surface area contributed by atoms with Crippen LogP contribution in [0.5, 0.6) is 11.5 Å². The van der Waals surface area contributed by atoms with Gasteiger partial charge in [-0.2, -0.15) is 5.10 Å². The second kappa shape index (κ2) is 6.59. The van der Waals surface area contributed by atoms with Gasteiger partial charge in [-0.05, 0) is 19.1 Å². The molecule has 134 valence electrons. The Morgan fingerprint density at radius 2 is 2.08 bits per heavy atom. The van der Waals surface area contributed by atoms with Gasteiger partial charge in [-0.3, -0.25) is 0 Å². The van der Waals surface area contributed by atoms with Crippen LogP contribution in [0.4, 0.5) is 16.3 Å². The van der Waals surface area contributed by atoms with Gasteiger partial charge in [0.05, 0.1) is 13.3 Å². The smallest absolute Gasteiger partial charge is 0.507 e. The highest BCUT2D eigenvalue weighted by atomic mass is 16.7. The Bertz CT molecular complexity index is 1010. The van der Waals surface area contributed by atoms with Gasteiger partial charge in [-0.1, -0.05) is 0 Å². The van der Waals surface area contributed by atoms with Gasteiger partial charge in [0.25, 0.3) is 0 Å². The number of carboxylic acid groups (broad SMARTS) is 1. The summed E-state index contributed by atoms with van der Waals surface area (Å²) < 4.78 is 11.0. The summed E-state index contributed by atoms with van der Waals surface area (Å²) in [5.41, 5.74) is 1.33. The topological polar surface area (TPSA) is 135 Å². The van der Waals surface area contributed by atoms with Crippen LogP contribution >= 0.6 is 0 Å². The third-order valence-electron chi connectivity index (χ3n) is 3.63. The fourth-order valence-electron chi connectivity index (χ4n) is 2.39. The zero-order valence-electron chi connectivity index (χ0n) is 13.8. The van der Waals surface area contributed by atoms with E-state index in [0.717, 1.165) is 0 Å². The predicted octanol–water partition coefficient (Wildman–Crippen LogP) is 2.33. The molecule has 0 bridgehead atoms. The number of carbonyl (C=O) groups excluding carboxylic acids is 1. The van der Waals surface area contributed by atoms with Crippen molar-refractivity contribution in [3.8, 4) is 11.5 Å². The van der Waals surface area contributed by atoms with Crippen molar-refractivity contribution in [3.63, 3.8) is 0 Å². The predicted molar refractivity (Wildman–Crippen MR) is 89.1 cm³/mol. The number of benzene rings is 1. The maximum absolute atomic E-state index is 11.3. The van der Waals surface area contributed by atoms with E-state index in [4.69, 9.17) is 9.84 Å². The summed E-state index contributed by atoms with van der Waals surface area (Å²) in [6.45, 7) is 1.72. The summed E-state index contributed by atoms with van der Waals surface area (Å²) in [7, 11) is 1.20. The second-order valence-corrected chi connectivity index (χ2v) is 5.24. The first-order chi connectivity index (χ1) is 12.4. The Labute approximate surface area is 146 Å². The van der Waals surface area contributed by atoms with E-state index in [2.05, 4.69) is 20.1 Å². The Hall–Kier alpha value is -3.82. The van der Waals surface area contributed by atoms with Crippen molar-refractivity contribution in [1.82, 2.24) is 14.6 Å². The van der Waals surface area contributed by atoms with E-state index in [1.165, 1.54) is 42.3 Å². The minimum atomic E-state index is -1.23. The lowest BCUT2D eigenvalue weighted by atomic mass is 10.2. The number of nitrogens with zero attached hydrogens (tertiary/aromatic N) is 3. The molecule has 0 saturated heterocycles. The van der Waals surface area contributed by atoms with Gasteiger partial charge in [0, 0.05) is 17.3 Å². The van der Waals surface area contributed by atoms with Gasteiger partial charge >= 0.3 is 12.1 Å². The van der Waals surface area contributed by atoms with Gasteiger partial charge in [0.15, 0.2) is 11.6 Å². The third-order valence-corrected chi connectivity index (χ3v) is 3.63. The summed E-state index contributed by atoms with van der Waals surface area (Å²) >= 11 is 0. The molecule has 2 heterocycles. The van der Waals surface area contributed by atoms with Crippen molar-refractivity contribution >= 4 is 29.1 Å². The molecule has 0 radical (unpaired) electrons. The van der Waals surface area contributed by atoms with Crippen LogP contribution in [0.1, 0.15) is 15.9 Å². The molecule has 26 heavy (non-hydrogen) atoms. The number of methoxy groups -OCH3 is 1. The number of hydrogen-bond acceptors (Lipinski definition) is 8. The van der Waals surface area contributed by atoms with Crippen molar-refractivity contribution in [2.45, 2.75) is 6.92 Å². The Kier molecular flexibility index (Phi) is 4.31. The van der Waals surface area contributed by atoms with E-state index in [-0.39, 0.29) is 17.1 Å². The summed E-state index contributed by atoms with van der Waals surface area (Å²) in [5.74, 6) is -0.982. The maximum atomic E-state index is 11.3. The standard InChI is InChI=1S/C16H14N4O6/c1-8-12(26-16(24)25-2)6-20-13(8)14(17-7-18-20)19-9-3-4-10(15(22)23)11(21)5-9/h3-7,21H,1-2H3,(H,22,23)(H,17,18,19). The highest BCUT2D eigenvalue weighted by Crippen LogP contribution is 2.31. The molecule has 3 N–H and O–H groups in total. The van der Waals surface area contributed by atoms with Crippen molar-refractivity contribution in [3.05, 3.63) is 41.9 Å². The largest absolute Gasteiger partial charge is 0.513 e. The number of ether oxygens (including phenoxy) is 2. The van der Waals surface area contributed by atoms with Crippen molar-refractivity contribution < 1.29 is 29.3 Å². The van der Waals surface area contributed by atoms with Gasteiger partial charge in [-0.15, -0.1) is 0 Å². The van der Waals surface area contributed by atoms with Crippen molar-refractivity contribution in [2.24, 2.45) is 0 Å². The number of anilines is 2. The highest BCUT2D eigenvalue weighted by Gasteiger charge is 2.17. The molecule has 0 aliphatic rings. The number of carboxylic acids is 1. The first-order valence-electron chi connectivity index (χ1n) is 7.32. The number of aromatic nitrogens is 3. The number of aromatic hydroxyl groups is 1. The first-order valence-corrected chi connectivity index (χ1v) is 7.32. The maximum Gasteiger partial charge on any atom is 0.513 e. The molecule has 0 amide bonds. The average Bonchev–Trinajstić information content (AvgIpc) is 2.91. The Morgan fingerprint density at radius 3 is 2.73 bits per heavy atom. The quantitative estimate of drug-likeness (QED) is 0.600. The van der Waals surface area contributed by atoms with Crippen LogP contribution in [-0.4, -0.2) is 44.0 Å². The third kappa shape index (κ3) is 3.07. The molecule has 3 aromatic rings. The molecule has 10 heteroatoms. The summed E-state index contributed by atoms with van der Waals surface area (Å²) in [6.07, 6.45) is 1.93. The highest BCUT2D eigenvalue weighted by molar-refractivity contribution is 5.91. The number of rotatable bonds is 4. The molecule has 0 atom stereocenters. The summed E-state index contributed by atoms with van der Waals surface area (Å²) in [5, 5.41) is 25.8. The van der Waals surface area contributed by atoms with E-state index in [1.54, 1.807) is 6.92 Å². The number of fused-ring (bicyclic) bond motifs is 1. The molecule has 0 saturated carbocycles. The van der Waals surface area contributed by atoms with Crippen LogP contribution in [0.15, 0.2) is 30.7 Å². The Morgan fingerprint density at radius 1 is 1.31 bits per heavy atom. The number of phenols is 1. The lowest BCUT2D eigenvalue weighted by molar-refractivity contribution is 0.0693. The van der Waals surface area contributed by atoms with E-state index in [0.29, 0.717) is 22.6 Å². The average molecular weight is 358 g/mol. The number of carbonyl (C=O) groups is 2. The molecule has 0 aliphatic carbocycles. The first kappa shape index (κ1) is 17.0. The van der Waals surface area contributed by atoms with Crippen molar-refractivity contribution in [1.29, 1.82) is 0 Å². The molecule has 0 aliphatic heterocycles. The normalized spacial score (nSPS) is 10.5. The molecule has 0 fully saturated rings. The Balaban J connectivity index is 1.99. The van der Waals surface area contributed by atoms with Gasteiger partial charge in [-0.25, -0.2) is 19.1 Å². The zero-order chi connectivity index (χ0) is 18.8. The molecule has 1 aromatic carbocycles. The van der Waals surface area contributed by atoms with E-state index in [1.807, 2.05) is 0 Å². The molecule has 2 aromatic heterocycles. The fourth-order valence-corrected chi connectivity index (χ4v) is 2.39. The van der Waals surface area contributed by atoms with Crippen LogP contribution in [-0.2, 0) is 4.74 Å². The summed E-state index contributed by atoms with van der Waals surface area (Å²) in [6, 6.07) is 4.04. The van der Waals surface area contributed by atoms with Crippen LogP contribution in [0.25, 0.3) is 5.52 Å². The number of nitrogens with one attached hydrogen (secondary N) is 1. The number of aromatic carboxylic acids is 1. The lowest BCUT2D eigenvalue weighted by Gasteiger charge is -2.09. The minimum Gasteiger partial charge on any atom is -0.507 e. The van der Waals surface area contributed by atoms with Gasteiger partial charge in [0.1, 0.15) is 23.2 Å². The molecular formula is C16H14N4O6. The molecule has 0 unspecified atom stereocenters. The lowest BCUT2D eigenvalue weighted by Crippen LogP contribution is -2.07. The second-order valence-electron chi connectivity index (χ2n) is 5.24. The monoisotopic (exact) mass is 358 g/mol. The van der Waals surface area contributed by atoms with Crippen LogP contribution in [0, 0.1) is 6.92 Å². The van der Waals surface area contributed by atoms with Crippen molar-refractivity contribution in [2.75, 3.05) is 12.4 Å². The SMILES string of the molecule is COC(=O)Oc1cn2ncnc(Nc3ccc(C(=O)O)c(O)c3)c2c1C. The van der Waals surface area contributed by atoms with Gasteiger partial charge in [0.2, 0.25) is 0 Å². The minimum absolute atomic E-state index is 0.212. The van der Waals surface area contributed by atoms with Gasteiger partial charge < -0.3 is 25.0 Å². The fraction of sp³-hybridized carbons (Fsp3) is 0.125. The molecule has 10 nitrogen and oxygen atoms in total. The number of aryl methyl sites for hydroxylation is 1. The van der Waals surface area contributed by atoms with E-state index >= 15 is 0 Å². The van der Waals surface area contributed by atoms with Crippen LogP contribution in [0.3, 0.4) is 0 Å². The van der Waals surface area contributed by atoms with E-state index in [9.17, 15) is 14.7 Å². The molecule has 3 rings (SSSR count). The van der Waals surface area contributed by atoms with E-state index < -0.39 is 12.1 Å².